The van der Waals surface area contributed by atoms with Gasteiger partial charge in [0.1, 0.15) is 10.3 Å². The predicted octanol–water partition coefficient (Wildman–Crippen LogP) is 3.10. The van der Waals surface area contributed by atoms with Crippen LogP contribution in [-0.2, 0) is 4.79 Å². The minimum absolute atomic E-state index is 0.0170. The summed E-state index contributed by atoms with van der Waals surface area (Å²) in [6.07, 6.45) is 0.404. The van der Waals surface area contributed by atoms with E-state index in [0.29, 0.717) is 13.0 Å². The minimum atomic E-state index is -0.882. The summed E-state index contributed by atoms with van der Waals surface area (Å²) >= 11 is 11.6. The maximum absolute atomic E-state index is 12.4. The molecule has 1 N–H and O–H groups in total. The summed E-state index contributed by atoms with van der Waals surface area (Å²) in [5.74, 6) is -1.16. The molecule has 0 atom stereocenters. The molecular formula is C13H16Cl2N2O3. The Bertz CT molecular complexity index is 506. The smallest absolute Gasteiger partial charge is 0.303 e. The highest BCUT2D eigenvalue weighted by atomic mass is 35.5. The van der Waals surface area contributed by atoms with Crippen molar-refractivity contribution >= 4 is 35.1 Å². The molecule has 1 aromatic heterocycles. The van der Waals surface area contributed by atoms with Gasteiger partial charge >= 0.3 is 5.97 Å². The minimum Gasteiger partial charge on any atom is -0.481 e. The van der Waals surface area contributed by atoms with E-state index in [9.17, 15) is 9.59 Å². The van der Waals surface area contributed by atoms with Gasteiger partial charge in [-0.3, -0.25) is 9.59 Å². The molecule has 1 aromatic rings. The Balaban J connectivity index is 2.85. The van der Waals surface area contributed by atoms with E-state index >= 15 is 0 Å². The van der Waals surface area contributed by atoms with Crippen LogP contribution in [-0.4, -0.2) is 39.5 Å². The standard InChI is InChI=1S/C13H16Cl2N2O3/c1-8(2)17(7-3-4-11(18)19)13(20)9-5-6-10(14)16-12(9)15/h5-6,8H,3-4,7H2,1-2H3,(H,18,19). The van der Waals surface area contributed by atoms with Gasteiger partial charge in [0.2, 0.25) is 0 Å². The zero-order valence-electron chi connectivity index (χ0n) is 11.3. The summed E-state index contributed by atoms with van der Waals surface area (Å²) in [5, 5.41) is 8.91. The van der Waals surface area contributed by atoms with Crippen LogP contribution in [0.2, 0.25) is 10.3 Å². The van der Waals surface area contributed by atoms with Gasteiger partial charge < -0.3 is 10.0 Å². The van der Waals surface area contributed by atoms with Crippen molar-refractivity contribution in [1.82, 2.24) is 9.88 Å². The lowest BCUT2D eigenvalue weighted by Gasteiger charge is -2.26. The van der Waals surface area contributed by atoms with Crippen molar-refractivity contribution in [3.8, 4) is 0 Å². The Labute approximate surface area is 127 Å². The molecule has 0 radical (unpaired) electrons. The third kappa shape index (κ3) is 4.65. The largest absolute Gasteiger partial charge is 0.481 e. The van der Waals surface area contributed by atoms with Gasteiger partial charge in [0.15, 0.2) is 0 Å². The van der Waals surface area contributed by atoms with E-state index in [1.807, 2.05) is 13.8 Å². The van der Waals surface area contributed by atoms with Crippen LogP contribution in [0.15, 0.2) is 12.1 Å². The molecule has 0 aliphatic heterocycles. The van der Waals surface area contributed by atoms with E-state index in [0.717, 1.165) is 0 Å². The number of carboxylic acids is 1. The van der Waals surface area contributed by atoms with Gasteiger partial charge in [-0.15, -0.1) is 0 Å². The predicted molar refractivity (Wildman–Crippen MR) is 77.3 cm³/mol. The Morgan fingerprint density at radius 2 is 2.00 bits per heavy atom. The van der Waals surface area contributed by atoms with E-state index in [4.69, 9.17) is 28.3 Å². The molecule has 0 spiro atoms. The van der Waals surface area contributed by atoms with Gasteiger partial charge in [-0.1, -0.05) is 23.2 Å². The Hall–Kier alpha value is -1.33. The number of carbonyl (C=O) groups excluding carboxylic acids is 1. The average molecular weight is 319 g/mol. The van der Waals surface area contributed by atoms with Crippen LogP contribution >= 0.6 is 23.2 Å². The summed E-state index contributed by atoms with van der Waals surface area (Å²) in [6, 6.07) is 2.95. The first kappa shape index (κ1) is 16.7. The van der Waals surface area contributed by atoms with Gasteiger partial charge in [-0.25, -0.2) is 4.98 Å². The molecule has 1 amide bonds. The molecule has 0 aromatic carbocycles. The quantitative estimate of drug-likeness (QED) is 0.818. The normalized spacial score (nSPS) is 10.7. The maximum Gasteiger partial charge on any atom is 0.303 e. The number of nitrogens with zero attached hydrogens (tertiary/aromatic N) is 2. The number of hydrogen-bond acceptors (Lipinski definition) is 3. The highest BCUT2D eigenvalue weighted by Crippen LogP contribution is 2.19. The molecule has 0 aliphatic carbocycles. The van der Waals surface area contributed by atoms with Crippen molar-refractivity contribution in [3.63, 3.8) is 0 Å². The molecule has 20 heavy (non-hydrogen) atoms. The highest BCUT2D eigenvalue weighted by molar-refractivity contribution is 6.34. The summed E-state index contributed by atoms with van der Waals surface area (Å²) in [4.78, 5) is 28.3. The monoisotopic (exact) mass is 318 g/mol. The summed E-state index contributed by atoms with van der Waals surface area (Å²) in [5.41, 5.74) is 0.264. The molecule has 1 heterocycles. The van der Waals surface area contributed by atoms with Crippen LogP contribution < -0.4 is 0 Å². The number of carboxylic acid groups (broad SMARTS) is 1. The first-order valence-corrected chi connectivity index (χ1v) is 6.93. The Morgan fingerprint density at radius 1 is 1.35 bits per heavy atom. The number of rotatable bonds is 6. The molecule has 0 aliphatic rings. The summed E-state index contributed by atoms with van der Waals surface area (Å²) in [7, 11) is 0. The molecule has 110 valence electrons. The second-order valence-corrected chi connectivity index (χ2v) is 5.31. The van der Waals surface area contributed by atoms with Crippen molar-refractivity contribution in [2.75, 3.05) is 6.54 Å². The van der Waals surface area contributed by atoms with E-state index in [2.05, 4.69) is 4.98 Å². The van der Waals surface area contributed by atoms with Gasteiger partial charge in [-0.2, -0.15) is 0 Å². The van der Waals surface area contributed by atoms with Crippen molar-refractivity contribution in [2.45, 2.75) is 32.7 Å². The van der Waals surface area contributed by atoms with Crippen LogP contribution in [0.5, 0.6) is 0 Å². The molecule has 0 unspecified atom stereocenters. The number of aliphatic carboxylic acids is 1. The van der Waals surface area contributed by atoms with Gasteiger partial charge in [0.25, 0.3) is 5.91 Å². The first-order valence-electron chi connectivity index (χ1n) is 6.17. The number of hydrogen-bond donors (Lipinski definition) is 1. The van der Waals surface area contributed by atoms with Crippen LogP contribution in [0.1, 0.15) is 37.0 Å². The third-order valence-corrected chi connectivity index (χ3v) is 3.22. The highest BCUT2D eigenvalue weighted by Gasteiger charge is 2.21. The SMILES string of the molecule is CC(C)N(CCCC(=O)O)C(=O)c1ccc(Cl)nc1Cl. The summed E-state index contributed by atoms with van der Waals surface area (Å²) < 4.78 is 0. The lowest BCUT2D eigenvalue weighted by atomic mass is 10.2. The van der Waals surface area contributed by atoms with Crippen LogP contribution in [0, 0.1) is 0 Å². The number of aromatic nitrogens is 1. The van der Waals surface area contributed by atoms with Crippen LogP contribution in [0.25, 0.3) is 0 Å². The Kier molecular flexibility index (Phi) is 6.23. The van der Waals surface area contributed by atoms with E-state index in [-0.39, 0.29) is 34.2 Å². The van der Waals surface area contributed by atoms with Crippen molar-refractivity contribution in [2.24, 2.45) is 0 Å². The lowest BCUT2D eigenvalue weighted by molar-refractivity contribution is -0.137. The Morgan fingerprint density at radius 3 is 2.50 bits per heavy atom. The maximum atomic E-state index is 12.4. The van der Waals surface area contributed by atoms with Gasteiger partial charge in [0.05, 0.1) is 5.56 Å². The number of carbonyl (C=O) groups is 2. The van der Waals surface area contributed by atoms with Crippen molar-refractivity contribution in [3.05, 3.63) is 28.0 Å². The fraction of sp³-hybridized carbons (Fsp3) is 0.462. The second kappa shape index (κ2) is 7.45. The molecule has 0 bridgehead atoms. The fourth-order valence-corrected chi connectivity index (χ4v) is 2.15. The number of amides is 1. The van der Waals surface area contributed by atoms with Crippen molar-refractivity contribution < 1.29 is 14.7 Å². The molecule has 0 fully saturated rings. The molecule has 5 nitrogen and oxygen atoms in total. The topological polar surface area (TPSA) is 70.5 Å². The van der Waals surface area contributed by atoms with E-state index in [1.54, 1.807) is 4.90 Å². The molecule has 0 saturated heterocycles. The number of pyridine rings is 1. The first-order chi connectivity index (χ1) is 9.32. The third-order valence-electron chi connectivity index (χ3n) is 2.72. The molecule has 0 saturated carbocycles. The molecule has 7 heteroatoms. The summed E-state index contributed by atoms with van der Waals surface area (Å²) in [6.45, 7) is 4.06. The second-order valence-electron chi connectivity index (χ2n) is 4.56. The lowest BCUT2D eigenvalue weighted by Crippen LogP contribution is -2.38. The van der Waals surface area contributed by atoms with Gasteiger partial charge in [-0.05, 0) is 32.4 Å². The van der Waals surface area contributed by atoms with E-state index in [1.165, 1.54) is 12.1 Å². The molecule has 1 rings (SSSR count). The zero-order valence-corrected chi connectivity index (χ0v) is 12.8. The zero-order chi connectivity index (χ0) is 15.3. The number of halogens is 2. The van der Waals surface area contributed by atoms with Crippen LogP contribution in [0.3, 0.4) is 0 Å². The van der Waals surface area contributed by atoms with Crippen molar-refractivity contribution in [1.29, 1.82) is 0 Å². The average Bonchev–Trinajstić information content (AvgIpc) is 2.33. The van der Waals surface area contributed by atoms with Gasteiger partial charge in [0, 0.05) is 19.0 Å². The van der Waals surface area contributed by atoms with Crippen LogP contribution in [0.4, 0.5) is 0 Å². The van der Waals surface area contributed by atoms with E-state index < -0.39 is 5.97 Å². The molecular weight excluding hydrogens is 303 g/mol. The fourth-order valence-electron chi connectivity index (χ4n) is 1.72.